The Kier molecular flexibility index (Phi) is 5.07. The van der Waals surface area contributed by atoms with Crippen LogP contribution in [0.25, 0.3) is 0 Å². The Hall–Kier alpha value is -1.23. The Bertz CT molecular complexity index is 389. The minimum Gasteiger partial charge on any atom is -0.374 e. The standard InChI is InChI=1S/C14H22FN3O/c1-3-11-9-14(17-13(4-2)16-11)18-7-8-19-12(10-18)5-6-15/h9,12H,3-8,10H2,1-2H3. The Balaban J connectivity index is 2.15. The second kappa shape index (κ2) is 6.80. The van der Waals surface area contributed by atoms with Crippen LogP contribution in [0.5, 0.6) is 0 Å². The summed E-state index contributed by atoms with van der Waals surface area (Å²) in [7, 11) is 0. The van der Waals surface area contributed by atoms with E-state index in [0.717, 1.165) is 36.7 Å². The molecule has 0 aliphatic carbocycles. The number of alkyl halides is 1. The molecule has 0 radical (unpaired) electrons. The number of rotatable bonds is 5. The van der Waals surface area contributed by atoms with E-state index in [0.29, 0.717) is 19.6 Å². The van der Waals surface area contributed by atoms with Gasteiger partial charge in [-0.1, -0.05) is 13.8 Å². The van der Waals surface area contributed by atoms with Crippen molar-refractivity contribution in [2.75, 3.05) is 31.3 Å². The molecule has 1 saturated heterocycles. The van der Waals surface area contributed by atoms with Gasteiger partial charge in [-0.15, -0.1) is 0 Å². The van der Waals surface area contributed by atoms with E-state index in [4.69, 9.17) is 4.74 Å². The van der Waals surface area contributed by atoms with Crippen LogP contribution in [-0.4, -0.2) is 42.4 Å². The van der Waals surface area contributed by atoms with Gasteiger partial charge < -0.3 is 9.64 Å². The van der Waals surface area contributed by atoms with Gasteiger partial charge in [0.15, 0.2) is 0 Å². The summed E-state index contributed by atoms with van der Waals surface area (Å²) in [5.74, 6) is 1.83. The monoisotopic (exact) mass is 267 g/mol. The first-order valence-electron chi connectivity index (χ1n) is 7.06. The summed E-state index contributed by atoms with van der Waals surface area (Å²) in [4.78, 5) is 11.3. The van der Waals surface area contributed by atoms with Gasteiger partial charge in [0.25, 0.3) is 0 Å². The first-order chi connectivity index (χ1) is 9.26. The fourth-order valence-corrected chi connectivity index (χ4v) is 2.26. The van der Waals surface area contributed by atoms with Crippen molar-refractivity contribution in [3.63, 3.8) is 0 Å². The van der Waals surface area contributed by atoms with Crippen molar-refractivity contribution in [3.05, 3.63) is 17.6 Å². The van der Waals surface area contributed by atoms with Crippen LogP contribution in [0.2, 0.25) is 0 Å². The molecule has 5 heteroatoms. The number of halogens is 1. The summed E-state index contributed by atoms with van der Waals surface area (Å²) in [5.41, 5.74) is 1.07. The van der Waals surface area contributed by atoms with Gasteiger partial charge in [-0.25, -0.2) is 9.97 Å². The molecule has 1 aromatic heterocycles. The van der Waals surface area contributed by atoms with E-state index in [1.165, 1.54) is 0 Å². The molecule has 0 spiro atoms. The molecule has 1 unspecified atom stereocenters. The maximum absolute atomic E-state index is 12.4. The number of morpholine rings is 1. The van der Waals surface area contributed by atoms with Gasteiger partial charge in [-0.05, 0) is 6.42 Å². The van der Waals surface area contributed by atoms with E-state index in [-0.39, 0.29) is 12.8 Å². The predicted octanol–water partition coefficient (Wildman–Crippen LogP) is 2.17. The SMILES string of the molecule is CCc1cc(N2CCOC(CCF)C2)nc(CC)n1. The van der Waals surface area contributed by atoms with Crippen LogP contribution in [0.4, 0.5) is 10.2 Å². The smallest absolute Gasteiger partial charge is 0.132 e. The lowest BCUT2D eigenvalue weighted by molar-refractivity contribution is 0.0310. The first kappa shape index (κ1) is 14.2. The van der Waals surface area contributed by atoms with Gasteiger partial charge in [0.2, 0.25) is 0 Å². The summed E-state index contributed by atoms with van der Waals surface area (Å²) >= 11 is 0. The van der Waals surface area contributed by atoms with Gasteiger partial charge in [0, 0.05) is 37.7 Å². The minimum atomic E-state index is -0.331. The zero-order valence-electron chi connectivity index (χ0n) is 11.7. The van der Waals surface area contributed by atoms with E-state index in [1.807, 2.05) is 6.07 Å². The van der Waals surface area contributed by atoms with Crippen molar-refractivity contribution in [1.29, 1.82) is 0 Å². The summed E-state index contributed by atoms with van der Waals surface area (Å²) in [6, 6.07) is 2.04. The molecule has 1 aromatic rings. The Morgan fingerprint density at radius 2 is 2.21 bits per heavy atom. The largest absolute Gasteiger partial charge is 0.374 e. The lowest BCUT2D eigenvalue weighted by Crippen LogP contribution is -2.43. The van der Waals surface area contributed by atoms with Crippen molar-refractivity contribution < 1.29 is 9.13 Å². The molecule has 1 aliphatic rings. The quantitative estimate of drug-likeness (QED) is 0.819. The van der Waals surface area contributed by atoms with Crippen LogP contribution in [0.3, 0.4) is 0 Å². The molecule has 0 amide bonds. The zero-order chi connectivity index (χ0) is 13.7. The molecular formula is C14H22FN3O. The van der Waals surface area contributed by atoms with E-state index < -0.39 is 0 Å². The van der Waals surface area contributed by atoms with Crippen LogP contribution in [0.1, 0.15) is 31.8 Å². The van der Waals surface area contributed by atoms with Crippen molar-refractivity contribution in [3.8, 4) is 0 Å². The highest BCUT2D eigenvalue weighted by molar-refractivity contribution is 5.40. The molecule has 2 rings (SSSR count). The molecular weight excluding hydrogens is 245 g/mol. The molecule has 1 atom stereocenters. The third-order valence-electron chi connectivity index (χ3n) is 3.38. The Labute approximate surface area is 114 Å². The number of aromatic nitrogens is 2. The number of hydrogen-bond acceptors (Lipinski definition) is 4. The molecule has 2 heterocycles. The average Bonchev–Trinajstić information content (AvgIpc) is 2.47. The number of anilines is 1. The molecule has 0 saturated carbocycles. The lowest BCUT2D eigenvalue weighted by Gasteiger charge is -2.33. The van der Waals surface area contributed by atoms with Gasteiger partial charge in [-0.2, -0.15) is 0 Å². The zero-order valence-corrected chi connectivity index (χ0v) is 11.7. The third-order valence-corrected chi connectivity index (χ3v) is 3.38. The van der Waals surface area contributed by atoms with Crippen LogP contribution in [0.15, 0.2) is 6.07 Å². The Morgan fingerprint density at radius 3 is 2.89 bits per heavy atom. The summed E-state index contributed by atoms with van der Waals surface area (Å²) in [5, 5.41) is 0. The predicted molar refractivity (Wildman–Crippen MR) is 73.3 cm³/mol. The second-order valence-electron chi connectivity index (χ2n) is 4.76. The van der Waals surface area contributed by atoms with Crippen LogP contribution < -0.4 is 4.90 Å². The fraction of sp³-hybridized carbons (Fsp3) is 0.714. The van der Waals surface area contributed by atoms with E-state index >= 15 is 0 Å². The molecule has 1 aliphatic heterocycles. The topological polar surface area (TPSA) is 38.2 Å². The number of hydrogen-bond donors (Lipinski definition) is 0. The van der Waals surface area contributed by atoms with Crippen molar-refractivity contribution in [2.24, 2.45) is 0 Å². The normalized spacial score (nSPS) is 19.7. The molecule has 106 valence electrons. The van der Waals surface area contributed by atoms with Gasteiger partial charge in [0.1, 0.15) is 11.6 Å². The first-order valence-corrected chi connectivity index (χ1v) is 7.06. The highest BCUT2D eigenvalue weighted by atomic mass is 19.1. The lowest BCUT2D eigenvalue weighted by atomic mass is 10.2. The van der Waals surface area contributed by atoms with E-state index in [9.17, 15) is 4.39 Å². The van der Waals surface area contributed by atoms with E-state index in [1.54, 1.807) is 0 Å². The van der Waals surface area contributed by atoms with Crippen molar-refractivity contribution in [1.82, 2.24) is 9.97 Å². The van der Waals surface area contributed by atoms with Gasteiger partial charge in [0.05, 0.1) is 19.4 Å². The minimum absolute atomic E-state index is 0.0242. The average molecular weight is 267 g/mol. The summed E-state index contributed by atoms with van der Waals surface area (Å²) in [6.45, 7) is 5.99. The van der Waals surface area contributed by atoms with Crippen molar-refractivity contribution in [2.45, 2.75) is 39.2 Å². The fourth-order valence-electron chi connectivity index (χ4n) is 2.26. The third kappa shape index (κ3) is 3.62. The number of nitrogens with zero attached hydrogens (tertiary/aromatic N) is 3. The molecule has 4 nitrogen and oxygen atoms in total. The summed E-state index contributed by atoms with van der Waals surface area (Å²) < 4.78 is 18.0. The second-order valence-corrected chi connectivity index (χ2v) is 4.76. The number of aryl methyl sites for hydroxylation is 2. The van der Waals surface area contributed by atoms with E-state index in [2.05, 4.69) is 28.7 Å². The van der Waals surface area contributed by atoms with Crippen LogP contribution >= 0.6 is 0 Å². The van der Waals surface area contributed by atoms with Crippen molar-refractivity contribution >= 4 is 5.82 Å². The number of ether oxygens (including phenoxy) is 1. The Morgan fingerprint density at radius 1 is 1.37 bits per heavy atom. The molecule has 0 aromatic carbocycles. The van der Waals surface area contributed by atoms with Crippen LogP contribution in [-0.2, 0) is 17.6 Å². The molecule has 0 N–H and O–H groups in total. The maximum Gasteiger partial charge on any atom is 0.132 e. The van der Waals surface area contributed by atoms with Gasteiger partial charge >= 0.3 is 0 Å². The van der Waals surface area contributed by atoms with Gasteiger partial charge in [-0.3, -0.25) is 4.39 Å². The van der Waals surface area contributed by atoms with Crippen LogP contribution in [0, 0.1) is 0 Å². The molecule has 19 heavy (non-hydrogen) atoms. The highest BCUT2D eigenvalue weighted by Crippen LogP contribution is 2.18. The summed E-state index contributed by atoms with van der Waals surface area (Å²) in [6.07, 6.45) is 2.17. The highest BCUT2D eigenvalue weighted by Gasteiger charge is 2.21. The molecule has 1 fully saturated rings. The molecule has 0 bridgehead atoms. The maximum atomic E-state index is 12.4.